The SMILES string of the molecule is CC(C)(C)C1CNCCN1C(=O)CCc1ccccc1. The van der Waals surface area contributed by atoms with Crippen molar-refractivity contribution in [2.45, 2.75) is 39.7 Å². The van der Waals surface area contributed by atoms with Gasteiger partial charge in [-0.1, -0.05) is 51.1 Å². The van der Waals surface area contributed by atoms with Crippen molar-refractivity contribution in [3.63, 3.8) is 0 Å². The molecule has 1 atom stereocenters. The van der Waals surface area contributed by atoms with Gasteiger partial charge >= 0.3 is 0 Å². The standard InChI is InChI=1S/C17H26N2O/c1-17(2,3)15-13-18-11-12-19(15)16(20)10-9-14-7-5-4-6-8-14/h4-8,15,18H,9-13H2,1-3H3. The van der Waals surface area contributed by atoms with Crippen molar-refractivity contribution in [3.05, 3.63) is 35.9 Å². The van der Waals surface area contributed by atoms with Crippen molar-refractivity contribution in [3.8, 4) is 0 Å². The van der Waals surface area contributed by atoms with Crippen LogP contribution in [-0.2, 0) is 11.2 Å². The Balaban J connectivity index is 1.96. The summed E-state index contributed by atoms with van der Waals surface area (Å²) in [5, 5.41) is 3.41. The summed E-state index contributed by atoms with van der Waals surface area (Å²) in [6.07, 6.45) is 1.44. The highest BCUT2D eigenvalue weighted by Gasteiger charge is 2.34. The first-order chi connectivity index (χ1) is 9.48. The van der Waals surface area contributed by atoms with Gasteiger partial charge < -0.3 is 10.2 Å². The second-order valence-electron chi connectivity index (χ2n) is 6.66. The number of hydrogen-bond donors (Lipinski definition) is 1. The molecule has 1 aromatic rings. The normalized spacial score (nSPS) is 19.9. The largest absolute Gasteiger partial charge is 0.337 e. The summed E-state index contributed by atoms with van der Waals surface area (Å²) in [6.45, 7) is 9.27. The van der Waals surface area contributed by atoms with Gasteiger partial charge in [0.25, 0.3) is 0 Å². The molecule has 1 aliphatic heterocycles. The van der Waals surface area contributed by atoms with Crippen LogP contribution in [0.3, 0.4) is 0 Å². The zero-order valence-electron chi connectivity index (χ0n) is 12.9. The van der Waals surface area contributed by atoms with E-state index in [-0.39, 0.29) is 11.3 Å². The van der Waals surface area contributed by atoms with E-state index < -0.39 is 0 Å². The molecule has 1 amide bonds. The first-order valence-corrected chi connectivity index (χ1v) is 7.52. The van der Waals surface area contributed by atoms with Crippen LogP contribution in [0, 0.1) is 5.41 Å². The van der Waals surface area contributed by atoms with Gasteiger partial charge in [0.15, 0.2) is 0 Å². The molecule has 1 aromatic carbocycles. The fourth-order valence-electron chi connectivity index (χ4n) is 2.82. The summed E-state index contributed by atoms with van der Waals surface area (Å²) in [4.78, 5) is 14.6. The summed E-state index contributed by atoms with van der Waals surface area (Å²) in [7, 11) is 0. The van der Waals surface area contributed by atoms with E-state index in [0.717, 1.165) is 26.1 Å². The molecule has 1 heterocycles. The Hall–Kier alpha value is -1.35. The zero-order valence-corrected chi connectivity index (χ0v) is 12.9. The van der Waals surface area contributed by atoms with Gasteiger partial charge in [0.05, 0.1) is 0 Å². The number of hydrogen-bond acceptors (Lipinski definition) is 2. The molecule has 1 saturated heterocycles. The van der Waals surface area contributed by atoms with Gasteiger partial charge in [-0.25, -0.2) is 0 Å². The average molecular weight is 274 g/mol. The molecule has 0 aliphatic carbocycles. The molecule has 0 saturated carbocycles. The molecule has 0 radical (unpaired) electrons. The lowest BCUT2D eigenvalue weighted by Crippen LogP contribution is -2.58. The molecule has 110 valence electrons. The Bertz CT molecular complexity index is 436. The monoisotopic (exact) mass is 274 g/mol. The van der Waals surface area contributed by atoms with Crippen LogP contribution < -0.4 is 5.32 Å². The number of rotatable bonds is 3. The van der Waals surface area contributed by atoms with E-state index >= 15 is 0 Å². The molecular formula is C17H26N2O. The Morgan fingerprint density at radius 2 is 2.00 bits per heavy atom. The number of amides is 1. The van der Waals surface area contributed by atoms with E-state index in [2.05, 4.69) is 43.1 Å². The number of nitrogens with one attached hydrogen (secondary N) is 1. The Labute approximate surface area is 122 Å². The fourth-order valence-corrected chi connectivity index (χ4v) is 2.82. The predicted molar refractivity (Wildman–Crippen MR) is 82.6 cm³/mol. The summed E-state index contributed by atoms with van der Waals surface area (Å²) >= 11 is 0. The third kappa shape index (κ3) is 3.83. The third-order valence-electron chi connectivity index (χ3n) is 4.03. The van der Waals surface area contributed by atoms with Gasteiger partial charge in [0, 0.05) is 32.1 Å². The molecule has 20 heavy (non-hydrogen) atoms. The summed E-state index contributed by atoms with van der Waals surface area (Å²) < 4.78 is 0. The zero-order chi connectivity index (χ0) is 14.6. The average Bonchev–Trinajstić information content (AvgIpc) is 2.45. The second kappa shape index (κ2) is 6.40. The lowest BCUT2D eigenvalue weighted by atomic mass is 9.84. The highest BCUT2D eigenvalue weighted by atomic mass is 16.2. The number of benzene rings is 1. The number of aryl methyl sites for hydroxylation is 1. The maximum atomic E-state index is 12.5. The molecule has 1 N–H and O–H groups in total. The fraction of sp³-hybridized carbons (Fsp3) is 0.588. The van der Waals surface area contributed by atoms with Crippen molar-refractivity contribution in [2.24, 2.45) is 5.41 Å². The van der Waals surface area contributed by atoms with Crippen LogP contribution in [0.2, 0.25) is 0 Å². The van der Waals surface area contributed by atoms with Gasteiger partial charge in [-0.3, -0.25) is 4.79 Å². The number of nitrogens with zero attached hydrogens (tertiary/aromatic N) is 1. The second-order valence-corrected chi connectivity index (χ2v) is 6.66. The van der Waals surface area contributed by atoms with Crippen molar-refractivity contribution in [1.82, 2.24) is 10.2 Å². The van der Waals surface area contributed by atoms with Gasteiger partial charge in [-0.15, -0.1) is 0 Å². The number of carbonyl (C=O) groups excluding carboxylic acids is 1. The van der Waals surface area contributed by atoms with Gasteiger partial charge in [-0.2, -0.15) is 0 Å². The number of piperazine rings is 1. The van der Waals surface area contributed by atoms with Gasteiger partial charge in [0.1, 0.15) is 0 Å². The molecule has 0 aromatic heterocycles. The predicted octanol–water partition coefficient (Wildman–Crippen LogP) is 2.47. The van der Waals surface area contributed by atoms with Crippen LogP contribution in [0.5, 0.6) is 0 Å². The molecule has 1 aliphatic rings. The minimum absolute atomic E-state index is 0.121. The van der Waals surface area contributed by atoms with E-state index in [9.17, 15) is 4.79 Å². The van der Waals surface area contributed by atoms with E-state index in [1.54, 1.807) is 0 Å². The molecule has 2 rings (SSSR count). The summed E-state index contributed by atoms with van der Waals surface area (Å²) in [6, 6.07) is 10.5. The van der Waals surface area contributed by atoms with Crippen molar-refractivity contribution in [2.75, 3.05) is 19.6 Å². The molecular weight excluding hydrogens is 248 g/mol. The molecule has 3 nitrogen and oxygen atoms in total. The van der Waals surface area contributed by atoms with Crippen LogP contribution in [-0.4, -0.2) is 36.5 Å². The first kappa shape index (κ1) is 15.0. The smallest absolute Gasteiger partial charge is 0.223 e. The minimum Gasteiger partial charge on any atom is -0.337 e. The Morgan fingerprint density at radius 3 is 2.65 bits per heavy atom. The molecule has 1 unspecified atom stereocenters. The highest BCUT2D eigenvalue weighted by Crippen LogP contribution is 2.26. The summed E-state index contributed by atoms with van der Waals surface area (Å²) in [5.41, 5.74) is 1.36. The van der Waals surface area contributed by atoms with Gasteiger partial charge in [0.2, 0.25) is 5.91 Å². The van der Waals surface area contributed by atoms with Crippen LogP contribution >= 0.6 is 0 Å². The first-order valence-electron chi connectivity index (χ1n) is 7.52. The van der Waals surface area contributed by atoms with Crippen LogP contribution in [0.25, 0.3) is 0 Å². The van der Waals surface area contributed by atoms with Gasteiger partial charge in [-0.05, 0) is 17.4 Å². The van der Waals surface area contributed by atoms with Crippen LogP contribution in [0.15, 0.2) is 30.3 Å². The van der Waals surface area contributed by atoms with Crippen LogP contribution in [0.1, 0.15) is 32.8 Å². The van der Waals surface area contributed by atoms with Crippen molar-refractivity contribution < 1.29 is 4.79 Å². The number of carbonyl (C=O) groups is 1. The maximum absolute atomic E-state index is 12.5. The van der Waals surface area contributed by atoms with Crippen LogP contribution in [0.4, 0.5) is 0 Å². The Kier molecular flexibility index (Phi) is 4.81. The van der Waals surface area contributed by atoms with E-state index in [0.29, 0.717) is 12.5 Å². The minimum atomic E-state index is 0.121. The van der Waals surface area contributed by atoms with Crippen molar-refractivity contribution in [1.29, 1.82) is 0 Å². The molecule has 1 fully saturated rings. The Morgan fingerprint density at radius 1 is 1.30 bits per heavy atom. The topological polar surface area (TPSA) is 32.3 Å². The highest BCUT2D eigenvalue weighted by molar-refractivity contribution is 5.77. The van der Waals surface area contributed by atoms with E-state index in [1.807, 2.05) is 18.2 Å². The molecule has 0 bridgehead atoms. The summed E-state index contributed by atoms with van der Waals surface area (Å²) in [5.74, 6) is 0.287. The van der Waals surface area contributed by atoms with E-state index in [4.69, 9.17) is 0 Å². The third-order valence-corrected chi connectivity index (χ3v) is 4.03. The lowest BCUT2D eigenvalue weighted by Gasteiger charge is -2.43. The molecule has 0 spiro atoms. The van der Waals surface area contributed by atoms with Crippen molar-refractivity contribution >= 4 is 5.91 Å². The maximum Gasteiger partial charge on any atom is 0.223 e. The van der Waals surface area contributed by atoms with E-state index in [1.165, 1.54) is 5.56 Å². The lowest BCUT2D eigenvalue weighted by molar-refractivity contribution is -0.137. The molecule has 3 heteroatoms. The quantitative estimate of drug-likeness (QED) is 0.918.